The highest BCUT2D eigenvalue weighted by atomic mass is 32.2. The Morgan fingerprint density at radius 1 is 1.00 bits per heavy atom. The number of sulfone groups is 1. The Bertz CT molecular complexity index is 983. The van der Waals surface area contributed by atoms with Crippen LogP contribution in [0.4, 0.5) is 0 Å². The average molecular weight is 513 g/mol. The fourth-order valence-electron chi connectivity index (χ4n) is 4.17. The molecule has 1 rings (SSSR count). The van der Waals surface area contributed by atoms with Crippen LogP contribution in [-0.4, -0.2) is 56.2 Å². The van der Waals surface area contributed by atoms with E-state index in [2.05, 4.69) is 0 Å². The summed E-state index contributed by atoms with van der Waals surface area (Å²) in [5, 5.41) is 10.1. The van der Waals surface area contributed by atoms with Gasteiger partial charge >= 0.3 is 17.9 Å². The van der Waals surface area contributed by atoms with Crippen LogP contribution in [0.1, 0.15) is 84.3 Å². The molecule has 0 fully saturated rings. The van der Waals surface area contributed by atoms with E-state index < -0.39 is 38.4 Å². The van der Waals surface area contributed by atoms with Gasteiger partial charge in [0, 0.05) is 0 Å². The highest BCUT2D eigenvalue weighted by molar-refractivity contribution is 7.92. The Kier molecular flexibility index (Phi) is 11.4. The van der Waals surface area contributed by atoms with E-state index in [0.717, 1.165) is 5.56 Å². The highest BCUT2D eigenvalue weighted by Crippen LogP contribution is 2.35. The van der Waals surface area contributed by atoms with E-state index in [1.807, 2.05) is 19.1 Å². The molecule has 0 saturated carbocycles. The summed E-state index contributed by atoms with van der Waals surface area (Å²) in [6.07, 6.45) is 1.46. The number of benzene rings is 1. The predicted octanol–water partition coefficient (Wildman–Crippen LogP) is 4.26. The molecule has 0 aromatic heterocycles. The van der Waals surface area contributed by atoms with E-state index in [1.165, 1.54) is 0 Å². The zero-order chi connectivity index (χ0) is 26.9. The lowest BCUT2D eigenvalue weighted by atomic mass is 9.75. The second-order valence-electron chi connectivity index (χ2n) is 10.0. The molecule has 0 aliphatic rings. The van der Waals surface area contributed by atoms with Crippen LogP contribution >= 0.6 is 0 Å². The van der Waals surface area contributed by atoms with Crippen molar-refractivity contribution in [3.8, 4) is 0 Å². The number of carboxylic acid groups (broad SMARTS) is 1. The number of hydrogen-bond donors (Lipinski definition) is 1. The van der Waals surface area contributed by atoms with Crippen molar-refractivity contribution in [3.05, 3.63) is 35.4 Å². The molecule has 198 valence electrons. The second-order valence-corrected chi connectivity index (χ2v) is 12.1. The van der Waals surface area contributed by atoms with Gasteiger partial charge in [0.15, 0.2) is 9.84 Å². The molecule has 2 atom stereocenters. The van der Waals surface area contributed by atoms with Crippen molar-refractivity contribution in [2.75, 3.05) is 24.7 Å². The van der Waals surface area contributed by atoms with Gasteiger partial charge in [-0.2, -0.15) is 0 Å². The summed E-state index contributed by atoms with van der Waals surface area (Å²) in [5.41, 5.74) is -0.334. The molecule has 8 nitrogen and oxygen atoms in total. The van der Waals surface area contributed by atoms with E-state index in [-0.39, 0.29) is 30.7 Å². The van der Waals surface area contributed by atoms with Crippen molar-refractivity contribution in [1.82, 2.24) is 0 Å². The fraction of sp³-hybridized carbons (Fsp3) is 0.654. The summed E-state index contributed by atoms with van der Waals surface area (Å²) in [6.45, 7) is 10.9. The number of aliphatic carboxylic acids is 1. The first-order valence-corrected chi connectivity index (χ1v) is 13.8. The summed E-state index contributed by atoms with van der Waals surface area (Å²) in [7, 11) is -3.65. The zero-order valence-electron chi connectivity index (χ0n) is 21.8. The number of rotatable bonds is 15. The van der Waals surface area contributed by atoms with Gasteiger partial charge in [0.05, 0.1) is 30.8 Å². The topological polar surface area (TPSA) is 124 Å². The van der Waals surface area contributed by atoms with E-state index in [4.69, 9.17) is 9.47 Å². The van der Waals surface area contributed by atoms with Gasteiger partial charge < -0.3 is 14.6 Å². The number of esters is 2. The van der Waals surface area contributed by atoms with Crippen LogP contribution in [0, 0.1) is 5.41 Å². The van der Waals surface area contributed by atoms with Crippen LogP contribution in [0.25, 0.3) is 0 Å². The van der Waals surface area contributed by atoms with E-state index in [1.54, 1.807) is 46.8 Å². The van der Waals surface area contributed by atoms with Crippen LogP contribution in [0.5, 0.6) is 0 Å². The fourth-order valence-corrected chi connectivity index (χ4v) is 6.05. The van der Waals surface area contributed by atoms with Gasteiger partial charge in [-0.25, -0.2) is 8.42 Å². The molecule has 0 bridgehead atoms. The second kappa shape index (κ2) is 13.0. The first-order chi connectivity index (χ1) is 16.2. The maximum Gasteiger partial charge on any atom is 0.321 e. The van der Waals surface area contributed by atoms with Crippen molar-refractivity contribution in [2.24, 2.45) is 5.41 Å². The molecule has 35 heavy (non-hydrogen) atoms. The van der Waals surface area contributed by atoms with Gasteiger partial charge in [-0.15, -0.1) is 0 Å². The Hall–Kier alpha value is -2.42. The minimum absolute atomic E-state index is 0.119. The largest absolute Gasteiger partial charge is 0.481 e. The lowest BCUT2D eigenvalue weighted by molar-refractivity contribution is -0.144. The zero-order valence-corrected chi connectivity index (χ0v) is 22.6. The van der Waals surface area contributed by atoms with Gasteiger partial charge in [-0.05, 0) is 56.1 Å². The quantitative estimate of drug-likeness (QED) is 0.346. The van der Waals surface area contributed by atoms with Gasteiger partial charge in [0.25, 0.3) is 0 Å². The number of ether oxygens (including phenoxy) is 2. The van der Waals surface area contributed by atoms with Crippen LogP contribution in [0.3, 0.4) is 0 Å². The molecule has 0 radical (unpaired) electrons. The van der Waals surface area contributed by atoms with Crippen LogP contribution in [-0.2, 0) is 39.1 Å². The molecule has 0 aliphatic carbocycles. The molecule has 2 unspecified atom stereocenters. The molecule has 1 N–H and O–H groups in total. The minimum Gasteiger partial charge on any atom is -0.481 e. The maximum atomic E-state index is 12.4. The van der Waals surface area contributed by atoms with Gasteiger partial charge in [0.2, 0.25) is 0 Å². The Labute approximate surface area is 209 Å². The number of carbonyl (C=O) groups excluding carboxylic acids is 2. The summed E-state index contributed by atoms with van der Waals surface area (Å²) >= 11 is 0. The third-order valence-corrected chi connectivity index (χ3v) is 8.02. The molecule has 0 saturated heterocycles. The minimum atomic E-state index is -3.65. The Balaban J connectivity index is 2.92. The lowest BCUT2D eigenvalue weighted by Gasteiger charge is -2.29. The molecule has 1 aromatic carbocycles. The van der Waals surface area contributed by atoms with Crippen molar-refractivity contribution in [2.45, 2.75) is 78.6 Å². The SMILES string of the molecule is CCOC(=O)CC(C)c1cccc(C(C)(CCCC(C)(C)CS(=O)(=O)CC(=O)OCC)C(=O)O)c1. The first-order valence-electron chi connectivity index (χ1n) is 12.0. The predicted molar refractivity (Wildman–Crippen MR) is 134 cm³/mol. The highest BCUT2D eigenvalue weighted by Gasteiger charge is 2.36. The summed E-state index contributed by atoms with van der Waals surface area (Å²) in [6, 6.07) is 7.25. The molecule has 0 spiro atoms. The third-order valence-electron chi connectivity index (χ3n) is 6.13. The van der Waals surface area contributed by atoms with Gasteiger partial charge in [-0.3, -0.25) is 14.4 Å². The van der Waals surface area contributed by atoms with Crippen LogP contribution < -0.4 is 0 Å². The molecule has 1 aromatic rings. The molecule has 9 heteroatoms. The maximum absolute atomic E-state index is 12.4. The van der Waals surface area contributed by atoms with Crippen molar-refractivity contribution >= 4 is 27.7 Å². The average Bonchev–Trinajstić information content (AvgIpc) is 2.72. The summed E-state index contributed by atoms with van der Waals surface area (Å²) in [5.74, 6) is -3.02. The summed E-state index contributed by atoms with van der Waals surface area (Å²) in [4.78, 5) is 35.8. The number of carboxylic acids is 1. The standard InChI is InChI=1S/C26H40O8S/c1-7-33-22(27)15-19(3)20-11-9-12-21(16-20)26(6,24(29)30)14-10-13-25(4,5)18-35(31,32)17-23(28)34-8-2/h9,11-12,16,19H,7-8,10,13-15,17-18H2,1-6H3,(H,29,30). The third kappa shape index (κ3) is 9.99. The molecule has 0 heterocycles. The monoisotopic (exact) mass is 512 g/mol. The summed E-state index contributed by atoms with van der Waals surface area (Å²) < 4.78 is 34.6. The van der Waals surface area contributed by atoms with Crippen LogP contribution in [0.15, 0.2) is 24.3 Å². The Morgan fingerprint density at radius 3 is 2.17 bits per heavy atom. The lowest BCUT2D eigenvalue weighted by Crippen LogP contribution is -2.34. The molecule has 0 aliphatic heterocycles. The van der Waals surface area contributed by atoms with Crippen LogP contribution in [0.2, 0.25) is 0 Å². The van der Waals surface area contributed by atoms with Crippen molar-refractivity contribution in [3.63, 3.8) is 0 Å². The Morgan fingerprint density at radius 2 is 1.60 bits per heavy atom. The van der Waals surface area contributed by atoms with Gasteiger partial charge in [-0.1, -0.05) is 51.5 Å². The molecular weight excluding hydrogens is 472 g/mol. The van der Waals surface area contributed by atoms with Crippen molar-refractivity contribution < 1.29 is 37.4 Å². The van der Waals surface area contributed by atoms with Gasteiger partial charge in [0.1, 0.15) is 5.75 Å². The van der Waals surface area contributed by atoms with Crippen molar-refractivity contribution in [1.29, 1.82) is 0 Å². The smallest absolute Gasteiger partial charge is 0.321 e. The van der Waals surface area contributed by atoms with E-state index in [0.29, 0.717) is 31.4 Å². The number of carbonyl (C=O) groups is 3. The first kappa shape index (κ1) is 30.6. The number of hydrogen-bond acceptors (Lipinski definition) is 7. The normalized spacial score (nSPS) is 14.6. The molecule has 0 amide bonds. The van der Waals surface area contributed by atoms with E-state index in [9.17, 15) is 27.9 Å². The van der Waals surface area contributed by atoms with E-state index >= 15 is 0 Å². The molecular formula is C26H40O8S.